The Morgan fingerprint density at radius 3 is 2.52 bits per heavy atom. The van der Waals surface area contributed by atoms with Gasteiger partial charge in [-0.15, -0.1) is 6.58 Å². The van der Waals surface area contributed by atoms with Crippen molar-refractivity contribution in [2.75, 3.05) is 11.9 Å². The van der Waals surface area contributed by atoms with E-state index in [1.54, 1.807) is 4.90 Å². The summed E-state index contributed by atoms with van der Waals surface area (Å²) >= 11 is 0. The lowest BCUT2D eigenvalue weighted by Crippen LogP contribution is -2.28. The van der Waals surface area contributed by atoms with Crippen LogP contribution in [-0.4, -0.2) is 17.5 Å². The number of hydrogen-bond donors (Lipinski definition) is 0. The summed E-state index contributed by atoms with van der Waals surface area (Å²) in [7, 11) is 1.82. The third-order valence-electron chi connectivity index (χ3n) is 3.58. The van der Waals surface area contributed by atoms with Crippen LogP contribution in [0.4, 0.5) is 5.69 Å². The molecule has 1 heterocycles. The maximum atomic E-state index is 12.5. The lowest BCUT2D eigenvalue weighted by atomic mass is 10.2. The van der Waals surface area contributed by atoms with Crippen molar-refractivity contribution in [1.29, 1.82) is 0 Å². The summed E-state index contributed by atoms with van der Waals surface area (Å²) in [6.07, 6.45) is 4.29. The van der Waals surface area contributed by atoms with E-state index in [9.17, 15) is 4.79 Å². The number of nitrogens with zero attached hydrogens (tertiary/aromatic N) is 2. The first-order valence-electron chi connectivity index (χ1n) is 7.11. The Labute approximate surface area is 126 Å². The quantitative estimate of drug-likeness (QED) is 0.771. The molecule has 3 nitrogen and oxygen atoms in total. The molecule has 0 fully saturated rings. The van der Waals surface area contributed by atoms with E-state index in [1.807, 2.05) is 51.2 Å². The number of benzene rings is 1. The number of rotatable bonds is 5. The highest BCUT2D eigenvalue weighted by molar-refractivity contribution is 5.94. The maximum absolute atomic E-state index is 12.5. The SMILES string of the molecule is C=CCn1cc(C)cc1CC(=O)N(C)c1ccc(C)cc1. The Morgan fingerprint density at radius 2 is 1.90 bits per heavy atom. The van der Waals surface area contributed by atoms with Gasteiger partial charge in [-0.05, 0) is 37.6 Å². The largest absolute Gasteiger partial charge is 0.347 e. The summed E-state index contributed by atoms with van der Waals surface area (Å²) in [6, 6.07) is 10.0. The smallest absolute Gasteiger partial charge is 0.232 e. The molecule has 110 valence electrons. The van der Waals surface area contributed by atoms with Crippen LogP contribution in [-0.2, 0) is 17.8 Å². The molecule has 0 saturated heterocycles. The molecule has 21 heavy (non-hydrogen) atoms. The van der Waals surface area contributed by atoms with E-state index in [0.717, 1.165) is 23.5 Å². The van der Waals surface area contributed by atoms with E-state index >= 15 is 0 Å². The van der Waals surface area contributed by atoms with Gasteiger partial charge in [0.2, 0.25) is 5.91 Å². The van der Waals surface area contributed by atoms with Gasteiger partial charge in [0.1, 0.15) is 0 Å². The zero-order valence-electron chi connectivity index (χ0n) is 13.0. The Balaban J connectivity index is 2.13. The third kappa shape index (κ3) is 3.63. The number of aryl methyl sites for hydroxylation is 2. The Hall–Kier alpha value is -2.29. The molecule has 0 saturated carbocycles. The number of anilines is 1. The topological polar surface area (TPSA) is 25.2 Å². The number of likely N-dealkylation sites (N-methyl/N-ethyl adjacent to an activating group) is 1. The average Bonchev–Trinajstić information content (AvgIpc) is 2.79. The first-order valence-corrected chi connectivity index (χ1v) is 7.11. The van der Waals surface area contributed by atoms with Crippen molar-refractivity contribution in [2.45, 2.75) is 26.8 Å². The lowest BCUT2D eigenvalue weighted by Gasteiger charge is -2.18. The van der Waals surface area contributed by atoms with E-state index in [2.05, 4.69) is 23.4 Å². The van der Waals surface area contributed by atoms with Gasteiger partial charge in [-0.25, -0.2) is 0 Å². The Bertz CT molecular complexity index is 638. The molecule has 1 aromatic carbocycles. The number of carbonyl (C=O) groups is 1. The number of allylic oxidation sites excluding steroid dienone is 1. The number of hydrogen-bond acceptors (Lipinski definition) is 1. The van der Waals surface area contributed by atoms with Crippen LogP contribution < -0.4 is 4.90 Å². The molecule has 0 N–H and O–H groups in total. The molecule has 0 radical (unpaired) electrons. The minimum absolute atomic E-state index is 0.0854. The summed E-state index contributed by atoms with van der Waals surface area (Å²) in [6.45, 7) is 8.56. The van der Waals surface area contributed by atoms with E-state index in [0.29, 0.717) is 6.42 Å². The first kappa shape index (κ1) is 15.1. The molecular weight excluding hydrogens is 260 g/mol. The molecule has 2 rings (SSSR count). The molecule has 1 amide bonds. The van der Waals surface area contributed by atoms with Crippen LogP contribution in [0.2, 0.25) is 0 Å². The molecule has 3 heteroatoms. The fourth-order valence-corrected chi connectivity index (χ4v) is 2.36. The molecular formula is C18H22N2O. The Morgan fingerprint density at radius 1 is 1.24 bits per heavy atom. The number of carbonyl (C=O) groups excluding carboxylic acids is 1. The summed E-state index contributed by atoms with van der Waals surface area (Å²) in [4.78, 5) is 14.2. The van der Waals surface area contributed by atoms with Crippen LogP contribution in [0.3, 0.4) is 0 Å². The normalized spacial score (nSPS) is 10.4. The zero-order valence-corrected chi connectivity index (χ0v) is 13.0. The molecule has 0 aliphatic heterocycles. The summed E-state index contributed by atoms with van der Waals surface area (Å²) in [5.74, 6) is 0.0854. The predicted octanol–water partition coefficient (Wildman–Crippen LogP) is 3.50. The van der Waals surface area contributed by atoms with Crippen LogP contribution in [0.5, 0.6) is 0 Å². The standard InChI is InChI=1S/C18H22N2O/c1-5-10-20-13-15(3)11-17(20)12-18(21)19(4)16-8-6-14(2)7-9-16/h5-9,11,13H,1,10,12H2,2-4H3. The summed E-state index contributed by atoms with van der Waals surface area (Å²) in [5.41, 5.74) is 4.30. The second-order valence-corrected chi connectivity index (χ2v) is 5.41. The van der Waals surface area contributed by atoms with E-state index in [1.165, 1.54) is 5.56 Å². The predicted molar refractivity (Wildman–Crippen MR) is 87.7 cm³/mol. The van der Waals surface area contributed by atoms with Gasteiger partial charge in [0.15, 0.2) is 0 Å². The minimum Gasteiger partial charge on any atom is -0.347 e. The van der Waals surface area contributed by atoms with Gasteiger partial charge in [0.05, 0.1) is 6.42 Å². The van der Waals surface area contributed by atoms with Gasteiger partial charge >= 0.3 is 0 Å². The molecule has 0 aliphatic carbocycles. The molecule has 2 aromatic rings. The highest BCUT2D eigenvalue weighted by Gasteiger charge is 2.14. The van der Waals surface area contributed by atoms with Gasteiger partial charge < -0.3 is 9.47 Å². The fraction of sp³-hybridized carbons (Fsp3) is 0.278. The lowest BCUT2D eigenvalue weighted by molar-refractivity contribution is -0.117. The van der Waals surface area contributed by atoms with Crippen molar-refractivity contribution < 1.29 is 4.79 Å². The highest BCUT2D eigenvalue weighted by atomic mass is 16.2. The summed E-state index contributed by atoms with van der Waals surface area (Å²) in [5, 5.41) is 0. The minimum atomic E-state index is 0.0854. The van der Waals surface area contributed by atoms with E-state index in [-0.39, 0.29) is 5.91 Å². The van der Waals surface area contributed by atoms with Gasteiger partial charge in [0.25, 0.3) is 0 Å². The van der Waals surface area contributed by atoms with E-state index in [4.69, 9.17) is 0 Å². The van der Waals surface area contributed by atoms with Crippen LogP contribution in [0.1, 0.15) is 16.8 Å². The molecule has 1 aromatic heterocycles. The van der Waals surface area contributed by atoms with Crippen LogP contribution in [0.25, 0.3) is 0 Å². The van der Waals surface area contributed by atoms with Gasteiger partial charge in [-0.3, -0.25) is 4.79 Å². The molecule has 0 bridgehead atoms. The average molecular weight is 282 g/mol. The zero-order chi connectivity index (χ0) is 15.4. The highest BCUT2D eigenvalue weighted by Crippen LogP contribution is 2.16. The van der Waals surface area contributed by atoms with Gasteiger partial charge in [-0.1, -0.05) is 23.8 Å². The number of amides is 1. The van der Waals surface area contributed by atoms with Crippen molar-refractivity contribution in [1.82, 2.24) is 4.57 Å². The van der Waals surface area contributed by atoms with Crippen molar-refractivity contribution in [3.63, 3.8) is 0 Å². The van der Waals surface area contributed by atoms with Crippen LogP contribution in [0, 0.1) is 13.8 Å². The first-order chi connectivity index (χ1) is 10.0. The summed E-state index contributed by atoms with van der Waals surface area (Å²) < 4.78 is 2.07. The molecule has 0 unspecified atom stereocenters. The monoisotopic (exact) mass is 282 g/mol. The van der Waals surface area contributed by atoms with Crippen molar-refractivity contribution in [2.24, 2.45) is 0 Å². The molecule has 0 aliphatic rings. The van der Waals surface area contributed by atoms with Gasteiger partial charge in [-0.2, -0.15) is 0 Å². The van der Waals surface area contributed by atoms with Crippen LogP contribution >= 0.6 is 0 Å². The molecule has 0 atom stereocenters. The maximum Gasteiger partial charge on any atom is 0.232 e. The van der Waals surface area contributed by atoms with Gasteiger partial charge in [0, 0.05) is 31.2 Å². The van der Waals surface area contributed by atoms with E-state index < -0.39 is 0 Å². The molecule has 0 spiro atoms. The van der Waals surface area contributed by atoms with Crippen molar-refractivity contribution >= 4 is 11.6 Å². The number of aromatic nitrogens is 1. The third-order valence-corrected chi connectivity index (χ3v) is 3.58. The second kappa shape index (κ2) is 6.44. The second-order valence-electron chi connectivity index (χ2n) is 5.41. The fourth-order valence-electron chi connectivity index (χ4n) is 2.36. The van der Waals surface area contributed by atoms with Crippen molar-refractivity contribution in [3.8, 4) is 0 Å². The van der Waals surface area contributed by atoms with Crippen LogP contribution in [0.15, 0.2) is 49.2 Å². The Kier molecular flexibility index (Phi) is 4.63. The van der Waals surface area contributed by atoms with Crippen molar-refractivity contribution in [3.05, 3.63) is 66.0 Å².